The van der Waals surface area contributed by atoms with Crippen LogP contribution in [0.5, 0.6) is 5.75 Å². The van der Waals surface area contributed by atoms with Crippen LogP contribution in [0.2, 0.25) is 0 Å². The highest BCUT2D eigenvalue weighted by Crippen LogP contribution is 2.44. The van der Waals surface area contributed by atoms with Gasteiger partial charge in [0, 0.05) is 13.2 Å². The summed E-state index contributed by atoms with van der Waals surface area (Å²) in [5.74, 6) is -0.472. The van der Waals surface area contributed by atoms with E-state index in [-0.39, 0.29) is 30.6 Å². The number of rotatable bonds is 13. The molecule has 12 nitrogen and oxygen atoms in total. The summed E-state index contributed by atoms with van der Waals surface area (Å²) in [5, 5.41) is 5.53. The van der Waals surface area contributed by atoms with E-state index < -0.39 is 31.4 Å². The molecule has 2 heterocycles. The number of nitrogen functional groups attached to an aromatic ring is 1. The Kier molecular flexibility index (Phi) is 9.32. The molecule has 196 valence electrons. The fourth-order valence-corrected chi connectivity index (χ4v) is 5.06. The first-order chi connectivity index (χ1) is 17.1. The van der Waals surface area contributed by atoms with Crippen LogP contribution in [0.3, 0.4) is 0 Å². The standard InChI is InChI=1S/C22H31FN7O5P/c1-14(2)28-22(31)18(10-33-4)29-36(32,35-17-7-5-16(23)6-8-17)13-34-15(3)9-30-12-27-19-20(24)25-11-26-21(19)30/h5-8,11-12,14-15,18H,9-10,13H2,1-4H3,(H,28,31)(H,29,32)(H2,24,25,26)/t15-,18+,36?/m1/s1. The normalized spacial score (nSPS) is 14.9. The number of fused-ring (bicyclic) bond motifs is 1. The van der Waals surface area contributed by atoms with Crippen molar-refractivity contribution >= 4 is 30.4 Å². The summed E-state index contributed by atoms with van der Waals surface area (Å²) in [4.78, 5) is 25.0. The van der Waals surface area contributed by atoms with Crippen molar-refractivity contribution in [1.29, 1.82) is 0 Å². The van der Waals surface area contributed by atoms with Crippen molar-refractivity contribution < 1.29 is 27.7 Å². The molecule has 0 saturated carbocycles. The number of nitrogens with one attached hydrogen (secondary N) is 2. The second kappa shape index (κ2) is 12.2. The van der Waals surface area contributed by atoms with Crippen LogP contribution in [0.1, 0.15) is 20.8 Å². The smallest absolute Gasteiger partial charge is 0.342 e. The number of benzene rings is 1. The topological polar surface area (TPSA) is 156 Å². The van der Waals surface area contributed by atoms with Crippen molar-refractivity contribution in [2.45, 2.75) is 45.5 Å². The second-order valence-corrected chi connectivity index (χ2v) is 10.5. The molecule has 1 aromatic carbocycles. The summed E-state index contributed by atoms with van der Waals surface area (Å²) in [6, 6.07) is 3.91. The Labute approximate surface area is 208 Å². The Balaban J connectivity index is 1.76. The predicted molar refractivity (Wildman–Crippen MR) is 132 cm³/mol. The lowest BCUT2D eigenvalue weighted by Crippen LogP contribution is -2.48. The fourth-order valence-electron chi connectivity index (χ4n) is 3.30. The maximum absolute atomic E-state index is 13.9. The number of carbonyl (C=O) groups excluding carboxylic acids is 1. The Morgan fingerprint density at radius 2 is 1.92 bits per heavy atom. The molecular formula is C22H31FN7O5P. The number of hydrogen-bond acceptors (Lipinski definition) is 9. The van der Waals surface area contributed by atoms with Gasteiger partial charge < -0.3 is 29.6 Å². The van der Waals surface area contributed by atoms with Crippen molar-refractivity contribution in [3.05, 3.63) is 42.7 Å². The minimum Gasteiger partial charge on any atom is -0.431 e. The van der Waals surface area contributed by atoms with Crippen LogP contribution in [-0.4, -0.2) is 63.7 Å². The Bertz CT molecular complexity index is 1210. The molecular weight excluding hydrogens is 492 g/mol. The summed E-state index contributed by atoms with van der Waals surface area (Å²) in [7, 11) is -2.42. The quantitative estimate of drug-likeness (QED) is 0.284. The summed E-state index contributed by atoms with van der Waals surface area (Å²) in [5.41, 5.74) is 6.84. The minimum atomic E-state index is -3.85. The number of halogens is 1. The Morgan fingerprint density at radius 3 is 2.58 bits per heavy atom. The number of aromatic nitrogens is 4. The van der Waals surface area contributed by atoms with E-state index in [1.165, 1.54) is 37.7 Å². The van der Waals surface area contributed by atoms with Gasteiger partial charge in [-0.25, -0.2) is 24.4 Å². The molecule has 0 aliphatic carbocycles. The van der Waals surface area contributed by atoms with Gasteiger partial charge in [-0.2, -0.15) is 0 Å². The number of nitrogens with two attached hydrogens (primary N) is 1. The molecule has 0 aliphatic heterocycles. The van der Waals surface area contributed by atoms with Crippen molar-refractivity contribution in [2.24, 2.45) is 0 Å². The average Bonchev–Trinajstić information content (AvgIpc) is 3.23. The largest absolute Gasteiger partial charge is 0.431 e. The molecule has 1 unspecified atom stereocenters. The molecule has 36 heavy (non-hydrogen) atoms. The third-order valence-corrected chi connectivity index (χ3v) is 6.61. The lowest BCUT2D eigenvalue weighted by molar-refractivity contribution is -0.124. The highest BCUT2D eigenvalue weighted by atomic mass is 31.2. The van der Waals surface area contributed by atoms with E-state index in [9.17, 15) is 13.8 Å². The van der Waals surface area contributed by atoms with E-state index in [4.69, 9.17) is 19.7 Å². The van der Waals surface area contributed by atoms with Gasteiger partial charge in [0.1, 0.15) is 35.8 Å². The third kappa shape index (κ3) is 7.44. The fraction of sp³-hybridized carbons (Fsp3) is 0.455. The number of imidazole rings is 1. The molecule has 0 aliphatic rings. The summed E-state index contributed by atoms with van der Waals surface area (Å²) >= 11 is 0. The van der Waals surface area contributed by atoms with E-state index >= 15 is 0 Å². The van der Waals surface area contributed by atoms with E-state index in [1.807, 2.05) is 0 Å². The van der Waals surface area contributed by atoms with Crippen LogP contribution in [0.25, 0.3) is 11.2 Å². The average molecular weight is 524 g/mol. The van der Waals surface area contributed by atoms with E-state index in [0.29, 0.717) is 17.7 Å². The lowest BCUT2D eigenvalue weighted by atomic mass is 10.3. The van der Waals surface area contributed by atoms with Crippen molar-refractivity contribution in [1.82, 2.24) is 29.9 Å². The maximum atomic E-state index is 13.9. The number of amides is 1. The molecule has 3 aromatic rings. The highest BCUT2D eigenvalue weighted by molar-refractivity contribution is 7.57. The minimum absolute atomic E-state index is 0.0625. The van der Waals surface area contributed by atoms with Crippen LogP contribution in [0.4, 0.5) is 10.2 Å². The van der Waals surface area contributed by atoms with Gasteiger partial charge in [-0.3, -0.25) is 9.36 Å². The molecule has 0 spiro atoms. The first-order valence-corrected chi connectivity index (χ1v) is 13.1. The first kappa shape index (κ1) is 27.5. The Morgan fingerprint density at radius 1 is 1.19 bits per heavy atom. The van der Waals surface area contributed by atoms with Gasteiger partial charge in [0.05, 0.1) is 25.6 Å². The molecule has 3 rings (SSSR count). The molecule has 3 atom stereocenters. The number of hydrogen-bond donors (Lipinski definition) is 3. The molecule has 2 aromatic heterocycles. The van der Waals surface area contributed by atoms with E-state index in [0.717, 1.165) is 0 Å². The predicted octanol–water partition coefficient (Wildman–Crippen LogP) is 2.31. The van der Waals surface area contributed by atoms with Gasteiger partial charge in [-0.15, -0.1) is 0 Å². The van der Waals surface area contributed by atoms with Crippen LogP contribution < -0.4 is 20.7 Å². The lowest BCUT2D eigenvalue weighted by Gasteiger charge is -2.27. The molecule has 14 heteroatoms. The number of ether oxygens (including phenoxy) is 2. The zero-order valence-electron chi connectivity index (χ0n) is 20.6. The van der Waals surface area contributed by atoms with Gasteiger partial charge in [0.15, 0.2) is 11.5 Å². The number of carbonyl (C=O) groups is 1. The van der Waals surface area contributed by atoms with Crippen molar-refractivity contribution in [3.8, 4) is 5.75 Å². The molecule has 4 N–H and O–H groups in total. The second-order valence-electron chi connectivity index (χ2n) is 8.45. The SMILES string of the molecule is COC[C@H](NP(=O)(CO[C@H](C)Cn1cnc2c(N)ncnc21)Oc1ccc(F)cc1)C(=O)NC(C)C. The zero-order valence-corrected chi connectivity index (χ0v) is 21.4. The Hall–Kier alpha value is -3.12. The van der Waals surface area contributed by atoms with Crippen molar-refractivity contribution in [3.63, 3.8) is 0 Å². The zero-order chi connectivity index (χ0) is 26.3. The van der Waals surface area contributed by atoms with Gasteiger partial charge >= 0.3 is 7.52 Å². The summed E-state index contributed by atoms with van der Waals surface area (Å²) in [6.07, 6.45) is 2.06. The summed E-state index contributed by atoms with van der Waals surface area (Å²) < 4.78 is 45.7. The molecule has 1 amide bonds. The first-order valence-electron chi connectivity index (χ1n) is 11.2. The van der Waals surface area contributed by atoms with E-state index in [2.05, 4.69) is 25.4 Å². The van der Waals surface area contributed by atoms with Gasteiger partial charge in [-0.05, 0) is 45.0 Å². The summed E-state index contributed by atoms with van der Waals surface area (Å²) in [6.45, 7) is 5.64. The monoisotopic (exact) mass is 523 g/mol. The molecule has 0 bridgehead atoms. The van der Waals surface area contributed by atoms with Crippen LogP contribution in [0.15, 0.2) is 36.9 Å². The van der Waals surface area contributed by atoms with Gasteiger partial charge in [0.2, 0.25) is 5.91 Å². The third-order valence-electron chi connectivity index (χ3n) is 4.91. The molecule has 0 saturated heterocycles. The van der Waals surface area contributed by atoms with Crippen LogP contribution in [0, 0.1) is 5.82 Å². The highest BCUT2D eigenvalue weighted by Gasteiger charge is 2.33. The van der Waals surface area contributed by atoms with Crippen LogP contribution >= 0.6 is 7.52 Å². The van der Waals surface area contributed by atoms with Gasteiger partial charge in [-0.1, -0.05) is 0 Å². The molecule has 0 fully saturated rings. The maximum Gasteiger partial charge on any atom is 0.342 e. The van der Waals surface area contributed by atoms with Crippen LogP contribution in [-0.2, 0) is 25.4 Å². The van der Waals surface area contributed by atoms with Crippen molar-refractivity contribution in [2.75, 3.05) is 25.8 Å². The number of nitrogens with zero attached hydrogens (tertiary/aromatic N) is 4. The number of anilines is 1. The van der Waals surface area contributed by atoms with Gasteiger partial charge in [0.25, 0.3) is 0 Å². The molecule has 0 radical (unpaired) electrons. The number of methoxy groups -OCH3 is 1. The van der Waals surface area contributed by atoms with E-state index in [1.54, 1.807) is 31.7 Å².